The van der Waals surface area contributed by atoms with Crippen molar-refractivity contribution in [3.05, 3.63) is 95.2 Å². The first kappa shape index (κ1) is 20.5. The average molecular weight is 438 g/mol. The van der Waals surface area contributed by atoms with E-state index >= 15 is 0 Å². The van der Waals surface area contributed by atoms with E-state index in [4.69, 9.17) is 0 Å². The largest absolute Gasteiger partial charge is 0.288 e. The summed E-state index contributed by atoms with van der Waals surface area (Å²) in [4.78, 5) is 21.7. The van der Waals surface area contributed by atoms with Crippen molar-refractivity contribution in [1.29, 1.82) is 0 Å². The summed E-state index contributed by atoms with van der Waals surface area (Å²) < 4.78 is 5.11. The lowest BCUT2D eigenvalue weighted by atomic mass is 9.95. The van der Waals surface area contributed by atoms with E-state index in [1.165, 1.54) is 6.07 Å². The van der Waals surface area contributed by atoms with Gasteiger partial charge in [-0.2, -0.15) is 15.3 Å². The number of hydrogen-bond donors (Lipinski definition) is 0. The standard InChI is InChI=1S/C24H22N8O/c1-16(23-22(33)7-8-32(29-23)21-13-28-31(3)15-21)17-5-4-6-18(9-17)24-25-10-19(11-26-24)20-12-27-30(2)14-20/h4-16H,1-3H3. The predicted octanol–water partition coefficient (Wildman–Crippen LogP) is 2.98. The topological polar surface area (TPSA) is 96.3 Å². The summed E-state index contributed by atoms with van der Waals surface area (Å²) in [5.41, 5.74) is 4.85. The van der Waals surface area contributed by atoms with Crippen molar-refractivity contribution in [2.24, 2.45) is 14.1 Å². The van der Waals surface area contributed by atoms with Gasteiger partial charge in [-0.05, 0) is 11.6 Å². The van der Waals surface area contributed by atoms with Crippen molar-refractivity contribution in [1.82, 2.24) is 39.3 Å². The molecule has 0 radical (unpaired) electrons. The third-order valence-electron chi connectivity index (χ3n) is 5.54. The molecule has 0 fully saturated rings. The molecule has 4 heterocycles. The Morgan fingerprint density at radius 2 is 1.61 bits per heavy atom. The Morgan fingerprint density at radius 3 is 2.30 bits per heavy atom. The summed E-state index contributed by atoms with van der Waals surface area (Å²) in [5, 5.41) is 13.0. The Kier molecular flexibility index (Phi) is 5.14. The molecule has 0 saturated heterocycles. The van der Waals surface area contributed by atoms with Gasteiger partial charge in [0.05, 0.1) is 18.6 Å². The molecule has 0 saturated carbocycles. The molecule has 0 bridgehead atoms. The first-order chi connectivity index (χ1) is 16.0. The van der Waals surface area contributed by atoms with Crippen molar-refractivity contribution in [3.8, 4) is 28.2 Å². The van der Waals surface area contributed by atoms with Gasteiger partial charge in [0.15, 0.2) is 5.82 Å². The highest BCUT2D eigenvalue weighted by Gasteiger charge is 2.16. The average Bonchev–Trinajstić information content (AvgIpc) is 3.47. The minimum absolute atomic E-state index is 0.106. The molecule has 164 valence electrons. The van der Waals surface area contributed by atoms with E-state index in [1.807, 2.05) is 57.7 Å². The Hall–Kier alpha value is -4.40. The van der Waals surface area contributed by atoms with Crippen LogP contribution in [0, 0.1) is 0 Å². The molecular formula is C24H22N8O. The van der Waals surface area contributed by atoms with Gasteiger partial charge in [0.1, 0.15) is 11.4 Å². The van der Waals surface area contributed by atoms with Crippen LogP contribution < -0.4 is 5.43 Å². The molecule has 5 rings (SSSR count). The third kappa shape index (κ3) is 4.08. The molecule has 0 spiro atoms. The summed E-state index contributed by atoms with van der Waals surface area (Å²) in [5.74, 6) is 0.404. The Bertz CT molecular complexity index is 1480. The number of rotatable bonds is 5. The van der Waals surface area contributed by atoms with Crippen molar-refractivity contribution >= 4 is 0 Å². The molecule has 0 aliphatic heterocycles. The van der Waals surface area contributed by atoms with Gasteiger partial charge >= 0.3 is 0 Å². The maximum Gasteiger partial charge on any atom is 0.203 e. The highest BCUT2D eigenvalue weighted by molar-refractivity contribution is 5.63. The lowest BCUT2D eigenvalue weighted by Crippen LogP contribution is -2.18. The molecule has 1 unspecified atom stereocenters. The Balaban J connectivity index is 1.45. The van der Waals surface area contributed by atoms with E-state index in [9.17, 15) is 4.79 Å². The van der Waals surface area contributed by atoms with Crippen LogP contribution in [0.1, 0.15) is 24.1 Å². The summed E-state index contributed by atoms with van der Waals surface area (Å²) in [6, 6.07) is 9.44. The van der Waals surface area contributed by atoms with Crippen molar-refractivity contribution < 1.29 is 0 Å². The fourth-order valence-corrected chi connectivity index (χ4v) is 3.69. The zero-order chi connectivity index (χ0) is 22.9. The van der Waals surface area contributed by atoms with Gasteiger partial charge in [-0.15, -0.1) is 0 Å². The fraction of sp³-hybridized carbons (Fsp3) is 0.167. The van der Waals surface area contributed by atoms with E-state index in [0.29, 0.717) is 11.5 Å². The van der Waals surface area contributed by atoms with Crippen LogP contribution in [0.4, 0.5) is 0 Å². The van der Waals surface area contributed by atoms with Crippen LogP contribution in [-0.4, -0.2) is 39.3 Å². The molecular weight excluding hydrogens is 416 g/mol. The number of benzene rings is 1. The zero-order valence-electron chi connectivity index (χ0n) is 18.5. The van der Waals surface area contributed by atoms with E-state index in [1.54, 1.807) is 45.0 Å². The molecule has 0 amide bonds. The molecule has 1 aromatic carbocycles. The van der Waals surface area contributed by atoms with Gasteiger partial charge < -0.3 is 0 Å². The van der Waals surface area contributed by atoms with E-state index < -0.39 is 0 Å². The Labute approximate surface area is 190 Å². The van der Waals surface area contributed by atoms with Crippen LogP contribution in [0.15, 0.2) is 78.5 Å². The maximum absolute atomic E-state index is 12.6. The SMILES string of the molecule is CC(c1cccc(-c2ncc(-c3cnn(C)c3)cn2)c1)c1nn(-c2cnn(C)c2)ccc1=O. The Morgan fingerprint density at radius 1 is 0.848 bits per heavy atom. The van der Waals surface area contributed by atoms with E-state index in [0.717, 1.165) is 27.9 Å². The zero-order valence-corrected chi connectivity index (χ0v) is 18.5. The van der Waals surface area contributed by atoms with Crippen LogP contribution in [0.3, 0.4) is 0 Å². The van der Waals surface area contributed by atoms with E-state index in [-0.39, 0.29) is 11.3 Å². The van der Waals surface area contributed by atoms with Gasteiger partial charge in [-0.25, -0.2) is 14.6 Å². The maximum atomic E-state index is 12.6. The minimum atomic E-state index is -0.212. The number of hydrogen-bond acceptors (Lipinski definition) is 6. The molecule has 9 heteroatoms. The number of aryl methyl sites for hydroxylation is 2. The van der Waals surface area contributed by atoms with Gasteiger partial charge in [0, 0.05) is 67.6 Å². The highest BCUT2D eigenvalue weighted by atomic mass is 16.1. The molecule has 33 heavy (non-hydrogen) atoms. The second-order valence-corrected chi connectivity index (χ2v) is 7.93. The fourth-order valence-electron chi connectivity index (χ4n) is 3.69. The van der Waals surface area contributed by atoms with Crippen LogP contribution in [-0.2, 0) is 14.1 Å². The molecule has 0 aliphatic rings. The normalized spacial score (nSPS) is 12.1. The third-order valence-corrected chi connectivity index (χ3v) is 5.54. The van der Waals surface area contributed by atoms with Crippen molar-refractivity contribution in [2.45, 2.75) is 12.8 Å². The highest BCUT2D eigenvalue weighted by Crippen LogP contribution is 2.26. The van der Waals surface area contributed by atoms with Gasteiger partial charge in [0.25, 0.3) is 0 Å². The molecule has 0 aliphatic carbocycles. The summed E-state index contributed by atoms with van der Waals surface area (Å²) in [6.07, 6.45) is 12.5. The van der Waals surface area contributed by atoms with Crippen LogP contribution in [0.2, 0.25) is 0 Å². The van der Waals surface area contributed by atoms with Gasteiger partial charge in [0.2, 0.25) is 5.43 Å². The first-order valence-corrected chi connectivity index (χ1v) is 10.5. The number of nitrogens with zero attached hydrogens (tertiary/aromatic N) is 8. The predicted molar refractivity (Wildman–Crippen MR) is 124 cm³/mol. The van der Waals surface area contributed by atoms with Crippen LogP contribution >= 0.6 is 0 Å². The molecule has 0 N–H and O–H groups in total. The van der Waals surface area contributed by atoms with E-state index in [2.05, 4.69) is 25.3 Å². The second kappa shape index (κ2) is 8.27. The lowest BCUT2D eigenvalue weighted by molar-refractivity contribution is 0.738. The van der Waals surface area contributed by atoms with Gasteiger partial charge in [-0.1, -0.05) is 25.1 Å². The quantitative estimate of drug-likeness (QED) is 0.419. The molecule has 1 atom stereocenters. The summed E-state index contributed by atoms with van der Waals surface area (Å²) >= 11 is 0. The summed E-state index contributed by atoms with van der Waals surface area (Å²) in [6.45, 7) is 1.97. The smallest absolute Gasteiger partial charge is 0.203 e. The van der Waals surface area contributed by atoms with Crippen molar-refractivity contribution in [3.63, 3.8) is 0 Å². The minimum Gasteiger partial charge on any atom is -0.288 e. The lowest BCUT2D eigenvalue weighted by Gasteiger charge is -2.13. The second-order valence-electron chi connectivity index (χ2n) is 7.93. The van der Waals surface area contributed by atoms with Crippen LogP contribution in [0.25, 0.3) is 28.2 Å². The molecule has 9 nitrogen and oxygen atoms in total. The van der Waals surface area contributed by atoms with Crippen LogP contribution in [0.5, 0.6) is 0 Å². The summed E-state index contributed by atoms with van der Waals surface area (Å²) in [7, 11) is 3.71. The molecule has 4 aromatic heterocycles. The van der Waals surface area contributed by atoms with Crippen molar-refractivity contribution in [2.75, 3.05) is 0 Å². The number of aromatic nitrogens is 8. The monoisotopic (exact) mass is 438 g/mol. The first-order valence-electron chi connectivity index (χ1n) is 10.5. The van der Waals surface area contributed by atoms with Gasteiger partial charge in [-0.3, -0.25) is 14.2 Å². The molecule has 5 aromatic rings.